The molecule has 1 aromatic carbocycles. The molecule has 4 heteroatoms. The van der Waals surface area contributed by atoms with Crippen molar-refractivity contribution in [3.05, 3.63) is 36.0 Å². The van der Waals surface area contributed by atoms with Crippen molar-refractivity contribution in [1.82, 2.24) is 5.32 Å². The Morgan fingerprint density at radius 2 is 2.23 bits per heavy atom. The summed E-state index contributed by atoms with van der Waals surface area (Å²) in [5, 5.41) is 6.50. The maximum atomic E-state index is 11.6. The topological polar surface area (TPSA) is 53.5 Å². The fourth-order valence-corrected chi connectivity index (χ4v) is 3.23. The summed E-state index contributed by atoms with van der Waals surface area (Å²) in [6, 6.07) is 8.36. The number of carbonyl (C=O) groups excluding carboxylic acids is 1. The third kappa shape index (κ3) is 3.38. The number of nitrogens with zero attached hydrogens (tertiary/aromatic N) is 1. The zero-order chi connectivity index (χ0) is 15.4. The van der Waals surface area contributed by atoms with E-state index in [0.29, 0.717) is 18.4 Å². The summed E-state index contributed by atoms with van der Waals surface area (Å²) in [6.45, 7) is 1.90. The van der Waals surface area contributed by atoms with Crippen molar-refractivity contribution in [3.63, 3.8) is 0 Å². The van der Waals surface area contributed by atoms with Crippen molar-refractivity contribution < 1.29 is 4.79 Å². The molecule has 2 aliphatic rings. The van der Waals surface area contributed by atoms with Crippen LogP contribution >= 0.6 is 0 Å². The lowest BCUT2D eigenvalue weighted by Gasteiger charge is -2.30. The second-order valence-corrected chi connectivity index (χ2v) is 6.05. The van der Waals surface area contributed by atoms with Crippen LogP contribution in [0.3, 0.4) is 0 Å². The molecular weight excluding hydrogens is 274 g/mol. The van der Waals surface area contributed by atoms with Gasteiger partial charge in [0.15, 0.2) is 0 Å². The normalized spacial score (nSPS) is 23.8. The summed E-state index contributed by atoms with van der Waals surface area (Å²) < 4.78 is 0. The first kappa shape index (κ1) is 14.8. The quantitative estimate of drug-likeness (QED) is 0.892. The molecule has 0 saturated heterocycles. The zero-order valence-electron chi connectivity index (χ0n) is 13.0. The van der Waals surface area contributed by atoms with Crippen molar-refractivity contribution in [3.8, 4) is 0 Å². The summed E-state index contributed by atoms with van der Waals surface area (Å²) in [6.07, 6.45) is 9.01. The molecule has 22 heavy (non-hydrogen) atoms. The molecule has 4 nitrogen and oxygen atoms in total. The molecule has 0 bridgehead atoms. The van der Waals surface area contributed by atoms with Gasteiger partial charge in [-0.05, 0) is 42.9 Å². The number of benzene rings is 1. The fraction of sp³-hybridized carbons (Fsp3) is 0.444. The second kappa shape index (κ2) is 6.77. The molecule has 2 N–H and O–H groups in total. The van der Waals surface area contributed by atoms with E-state index >= 15 is 0 Å². The Morgan fingerprint density at radius 1 is 1.36 bits per heavy atom. The molecule has 1 aromatic rings. The number of allylic oxidation sites excluding steroid dienone is 1. The molecular formula is C18H23N3O. The van der Waals surface area contributed by atoms with E-state index in [-0.39, 0.29) is 5.91 Å². The largest absolute Gasteiger partial charge is 0.360 e. The van der Waals surface area contributed by atoms with Gasteiger partial charge < -0.3 is 10.6 Å². The molecule has 1 fully saturated rings. The molecule has 1 aliphatic carbocycles. The van der Waals surface area contributed by atoms with Gasteiger partial charge in [0.25, 0.3) is 0 Å². The third-order valence-corrected chi connectivity index (χ3v) is 4.48. The Bertz CT molecular complexity index is 606. The van der Waals surface area contributed by atoms with Gasteiger partial charge >= 0.3 is 0 Å². The molecule has 1 saturated carbocycles. The zero-order valence-corrected chi connectivity index (χ0v) is 13.0. The van der Waals surface area contributed by atoms with Gasteiger partial charge in [0.1, 0.15) is 0 Å². The Kier molecular flexibility index (Phi) is 4.56. The molecule has 2 atom stereocenters. The van der Waals surface area contributed by atoms with E-state index in [1.165, 1.54) is 5.57 Å². The standard InChI is InChI=1S/C18H23N3O/c1-2-18(22)21-15-7-5-6-13(10-15)14-11-19-16-8-3-4-9-17(16)20-12-14/h3-4,8-9,11-13,15,19H,2,5-7,10H2,1H3,(H,21,22). The molecule has 1 amide bonds. The van der Waals surface area contributed by atoms with Gasteiger partial charge in [-0.1, -0.05) is 25.5 Å². The summed E-state index contributed by atoms with van der Waals surface area (Å²) in [5.41, 5.74) is 3.24. The van der Waals surface area contributed by atoms with Crippen LogP contribution in [0.2, 0.25) is 0 Å². The van der Waals surface area contributed by atoms with Crippen LogP contribution in [-0.4, -0.2) is 18.2 Å². The average molecular weight is 297 g/mol. The van der Waals surface area contributed by atoms with E-state index in [9.17, 15) is 4.79 Å². The monoisotopic (exact) mass is 297 g/mol. The first-order valence-corrected chi connectivity index (χ1v) is 8.15. The minimum absolute atomic E-state index is 0.152. The maximum absolute atomic E-state index is 11.6. The van der Waals surface area contributed by atoms with Crippen molar-refractivity contribution in [1.29, 1.82) is 0 Å². The first-order valence-electron chi connectivity index (χ1n) is 8.15. The minimum atomic E-state index is 0.152. The molecule has 116 valence electrons. The molecule has 0 aromatic heterocycles. The van der Waals surface area contributed by atoms with Crippen LogP contribution < -0.4 is 10.6 Å². The van der Waals surface area contributed by atoms with Gasteiger partial charge in [0, 0.05) is 24.9 Å². The minimum Gasteiger partial charge on any atom is -0.360 e. The van der Waals surface area contributed by atoms with Gasteiger partial charge in [0.2, 0.25) is 5.91 Å². The molecule has 1 heterocycles. The lowest BCUT2D eigenvalue weighted by atomic mass is 9.81. The number of aliphatic imine (C=N–C) groups is 1. The van der Waals surface area contributed by atoms with E-state index in [2.05, 4.69) is 21.8 Å². The summed E-state index contributed by atoms with van der Waals surface area (Å²) >= 11 is 0. The Hall–Kier alpha value is -2.10. The summed E-state index contributed by atoms with van der Waals surface area (Å²) in [5.74, 6) is 0.612. The lowest BCUT2D eigenvalue weighted by Crippen LogP contribution is -2.38. The first-order chi connectivity index (χ1) is 10.8. The highest BCUT2D eigenvalue weighted by molar-refractivity contribution is 5.87. The van der Waals surface area contributed by atoms with E-state index in [1.807, 2.05) is 37.4 Å². The van der Waals surface area contributed by atoms with Crippen LogP contribution in [0.25, 0.3) is 0 Å². The predicted octanol–water partition coefficient (Wildman–Crippen LogP) is 3.78. The second-order valence-electron chi connectivity index (χ2n) is 6.05. The Labute approximate surface area is 131 Å². The summed E-state index contributed by atoms with van der Waals surface area (Å²) in [7, 11) is 0. The molecule has 2 unspecified atom stereocenters. The number of anilines is 1. The lowest BCUT2D eigenvalue weighted by molar-refractivity contribution is -0.121. The highest BCUT2D eigenvalue weighted by Crippen LogP contribution is 2.33. The molecule has 0 spiro atoms. The van der Waals surface area contributed by atoms with Crippen LogP contribution in [0.5, 0.6) is 0 Å². The number of amides is 1. The van der Waals surface area contributed by atoms with Crippen molar-refractivity contribution >= 4 is 23.5 Å². The van der Waals surface area contributed by atoms with Crippen LogP contribution in [0, 0.1) is 5.92 Å². The van der Waals surface area contributed by atoms with Crippen LogP contribution in [-0.2, 0) is 4.79 Å². The smallest absolute Gasteiger partial charge is 0.219 e. The van der Waals surface area contributed by atoms with E-state index in [0.717, 1.165) is 37.1 Å². The van der Waals surface area contributed by atoms with Crippen molar-refractivity contribution in [2.45, 2.75) is 45.1 Å². The van der Waals surface area contributed by atoms with Crippen molar-refractivity contribution in [2.75, 3.05) is 5.32 Å². The highest BCUT2D eigenvalue weighted by atomic mass is 16.1. The summed E-state index contributed by atoms with van der Waals surface area (Å²) in [4.78, 5) is 16.2. The van der Waals surface area contributed by atoms with Gasteiger partial charge in [-0.2, -0.15) is 0 Å². The van der Waals surface area contributed by atoms with Gasteiger partial charge in [0.05, 0.1) is 11.4 Å². The van der Waals surface area contributed by atoms with Gasteiger partial charge in [-0.3, -0.25) is 9.79 Å². The van der Waals surface area contributed by atoms with E-state index in [4.69, 9.17) is 0 Å². The van der Waals surface area contributed by atoms with Crippen LogP contribution in [0.4, 0.5) is 11.4 Å². The van der Waals surface area contributed by atoms with Crippen LogP contribution in [0.15, 0.2) is 41.0 Å². The number of para-hydroxylation sites is 2. The van der Waals surface area contributed by atoms with Crippen molar-refractivity contribution in [2.24, 2.45) is 10.9 Å². The number of fused-ring (bicyclic) bond motifs is 1. The van der Waals surface area contributed by atoms with E-state index in [1.54, 1.807) is 0 Å². The number of carbonyl (C=O) groups is 1. The Balaban J connectivity index is 1.69. The number of rotatable bonds is 3. The SMILES string of the molecule is CCC(=O)NC1CCCC(C2=CNc3ccccc3N=C2)C1. The molecule has 1 aliphatic heterocycles. The fourth-order valence-electron chi connectivity index (χ4n) is 3.23. The highest BCUT2D eigenvalue weighted by Gasteiger charge is 2.25. The number of nitrogens with one attached hydrogen (secondary N) is 2. The molecule has 0 radical (unpaired) electrons. The number of hydrogen-bond donors (Lipinski definition) is 2. The van der Waals surface area contributed by atoms with Gasteiger partial charge in [-0.25, -0.2) is 0 Å². The Morgan fingerprint density at radius 3 is 3.09 bits per heavy atom. The third-order valence-electron chi connectivity index (χ3n) is 4.48. The molecule has 3 rings (SSSR count). The van der Waals surface area contributed by atoms with Gasteiger partial charge in [-0.15, -0.1) is 0 Å². The maximum Gasteiger partial charge on any atom is 0.219 e. The van der Waals surface area contributed by atoms with E-state index < -0.39 is 0 Å². The van der Waals surface area contributed by atoms with Crippen LogP contribution in [0.1, 0.15) is 39.0 Å². The predicted molar refractivity (Wildman–Crippen MR) is 90.5 cm³/mol. The number of hydrogen-bond acceptors (Lipinski definition) is 3. The average Bonchev–Trinajstić information content (AvgIpc) is 2.77.